The van der Waals surface area contributed by atoms with Crippen molar-refractivity contribution < 1.29 is 17.6 Å². The zero-order valence-electron chi connectivity index (χ0n) is 10.6. The van der Waals surface area contributed by atoms with Gasteiger partial charge in [0.25, 0.3) is 0 Å². The lowest BCUT2D eigenvalue weighted by Crippen LogP contribution is -2.09. The van der Waals surface area contributed by atoms with Crippen molar-refractivity contribution in [2.45, 2.75) is 19.1 Å². The quantitative estimate of drug-likeness (QED) is 0.844. The molecule has 1 atom stereocenters. The molecule has 1 unspecified atom stereocenters. The Kier molecular flexibility index (Phi) is 3.92. The molecule has 20 heavy (non-hydrogen) atoms. The van der Waals surface area contributed by atoms with Crippen LogP contribution in [0.4, 0.5) is 23.2 Å². The van der Waals surface area contributed by atoms with Gasteiger partial charge in [0.15, 0.2) is 0 Å². The molecule has 2 rings (SSSR count). The summed E-state index contributed by atoms with van der Waals surface area (Å²) in [6, 6.07) is 5.79. The zero-order valence-corrected chi connectivity index (χ0v) is 10.6. The number of alkyl halides is 3. The highest BCUT2D eigenvalue weighted by atomic mass is 19.4. The molecule has 0 fully saturated rings. The molecule has 1 N–H and O–H groups in total. The van der Waals surface area contributed by atoms with Gasteiger partial charge >= 0.3 is 6.18 Å². The van der Waals surface area contributed by atoms with Gasteiger partial charge in [0.05, 0.1) is 17.8 Å². The van der Waals surface area contributed by atoms with E-state index < -0.39 is 17.6 Å². The van der Waals surface area contributed by atoms with Crippen LogP contribution in [0.5, 0.6) is 0 Å². The molecule has 0 aliphatic carbocycles. The Hall–Kier alpha value is -2.11. The van der Waals surface area contributed by atoms with Gasteiger partial charge in [-0.1, -0.05) is 6.07 Å². The molecule has 1 heterocycles. The fraction of sp³-hybridized carbons (Fsp3) is 0.214. The van der Waals surface area contributed by atoms with Crippen LogP contribution in [-0.4, -0.2) is 4.98 Å². The van der Waals surface area contributed by atoms with Gasteiger partial charge in [0.2, 0.25) is 0 Å². The first kappa shape index (κ1) is 14.3. The fourth-order valence-corrected chi connectivity index (χ4v) is 1.78. The van der Waals surface area contributed by atoms with Crippen molar-refractivity contribution >= 4 is 5.69 Å². The second-order valence-corrected chi connectivity index (χ2v) is 4.38. The van der Waals surface area contributed by atoms with E-state index in [1.54, 1.807) is 6.92 Å². The first-order chi connectivity index (χ1) is 9.36. The zero-order chi connectivity index (χ0) is 14.8. The monoisotopic (exact) mass is 284 g/mol. The number of rotatable bonds is 3. The number of hydrogen-bond acceptors (Lipinski definition) is 2. The van der Waals surface area contributed by atoms with E-state index in [1.807, 2.05) is 0 Å². The molecule has 6 heteroatoms. The van der Waals surface area contributed by atoms with Crippen molar-refractivity contribution in [3.05, 3.63) is 59.7 Å². The van der Waals surface area contributed by atoms with Crippen LogP contribution in [0.2, 0.25) is 0 Å². The van der Waals surface area contributed by atoms with Gasteiger partial charge in [-0.2, -0.15) is 13.2 Å². The van der Waals surface area contributed by atoms with Crippen molar-refractivity contribution in [2.24, 2.45) is 0 Å². The largest absolute Gasteiger partial charge is 0.416 e. The van der Waals surface area contributed by atoms with E-state index in [0.717, 1.165) is 18.3 Å². The second kappa shape index (κ2) is 5.48. The van der Waals surface area contributed by atoms with Crippen LogP contribution in [0.15, 0.2) is 42.7 Å². The third-order valence-corrected chi connectivity index (χ3v) is 2.80. The number of hydrogen-bond donors (Lipinski definition) is 1. The maximum Gasteiger partial charge on any atom is 0.416 e. The average molecular weight is 284 g/mol. The molecule has 0 saturated heterocycles. The third kappa shape index (κ3) is 3.46. The predicted molar refractivity (Wildman–Crippen MR) is 67.7 cm³/mol. The first-order valence-corrected chi connectivity index (χ1v) is 5.90. The molecule has 0 aliphatic rings. The van der Waals surface area contributed by atoms with Gasteiger partial charge in [-0.15, -0.1) is 0 Å². The van der Waals surface area contributed by atoms with Crippen LogP contribution in [0.25, 0.3) is 0 Å². The molecule has 106 valence electrons. The maximum absolute atomic E-state index is 13.0. The smallest absolute Gasteiger partial charge is 0.378 e. The summed E-state index contributed by atoms with van der Waals surface area (Å²) in [7, 11) is 0. The van der Waals surface area contributed by atoms with E-state index in [-0.39, 0.29) is 6.04 Å². The minimum Gasteiger partial charge on any atom is -0.378 e. The molecule has 1 aromatic carbocycles. The van der Waals surface area contributed by atoms with Crippen molar-refractivity contribution in [2.75, 3.05) is 5.32 Å². The summed E-state index contributed by atoms with van der Waals surface area (Å²) in [5, 5.41) is 2.89. The Labute approximate surface area is 113 Å². The van der Waals surface area contributed by atoms with Crippen LogP contribution in [-0.2, 0) is 6.18 Å². The molecule has 0 bridgehead atoms. The van der Waals surface area contributed by atoms with Crippen molar-refractivity contribution in [1.82, 2.24) is 4.98 Å². The number of aromatic nitrogens is 1. The summed E-state index contributed by atoms with van der Waals surface area (Å²) in [6.45, 7) is 1.72. The van der Waals surface area contributed by atoms with Gasteiger partial charge in [0, 0.05) is 11.9 Å². The van der Waals surface area contributed by atoms with E-state index >= 15 is 0 Å². The molecule has 0 aliphatic heterocycles. The predicted octanol–water partition coefficient (Wildman–Crippen LogP) is 4.41. The lowest BCUT2D eigenvalue weighted by molar-refractivity contribution is -0.137. The summed E-state index contributed by atoms with van der Waals surface area (Å²) in [4.78, 5) is 3.71. The number of nitrogens with one attached hydrogen (secondary N) is 1. The molecule has 1 aromatic heterocycles. The third-order valence-electron chi connectivity index (χ3n) is 2.80. The highest BCUT2D eigenvalue weighted by Crippen LogP contribution is 2.31. The average Bonchev–Trinajstić information content (AvgIpc) is 2.38. The van der Waals surface area contributed by atoms with E-state index in [1.165, 1.54) is 24.4 Å². The minimum absolute atomic E-state index is 0.316. The van der Waals surface area contributed by atoms with Crippen LogP contribution in [0, 0.1) is 5.82 Å². The standard InChI is InChI=1S/C14H12F4N2/c1-9(10-5-12(15)8-19-7-10)20-13-4-2-3-11(6-13)14(16,17)18/h2-9,20H,1H3. The summed E-state index contributed by atoms with van der Waals surface area (Å²) in [6.07, 6.45) is -1.85. The maximum atomic E-state index is 13.0. The van der Waals surface area contributed by atoms with Crippen LogP contribution in [0.1, 0.15) is 24.1 Å². The molecule has 0 amide bonds. The van der Waals surface area contributed by atoms with Gasteiger partial charge in [-0.25, -0.2) is 4.39 Å². The van der Waals surface area contributed by atoms with Gasteiger partial charge in [-0.05, 0) is 36.8 Å². The number of halogens is 4. The molecule has 0 radical (unpaired) electrons. The SMILES string of the molecule is CC(Nc1cccc(C(F)(F)F)c1)c1cncc(F)c1. The fourth-order valence-electron chi connectivity index (χ4n) is 1.78. The molecular formula is C14H12F4N2. The number of pyridine rings is 1. The van der Waals surface area contributed by atoms with Gasteiger partial charge in [0.1, 0.15) is 5.82 Å². The lowest BCUT2D eigenvalue weighted by atomic mass is 10.1. The summed E-state index contributed by atoms with van der Waals surface area (Å²) in [5.74, 6) is -0.486. The summed E-state index contributed by atoms with van der Waals surface area (Å²) in [5.41, 5.74) is 0.145. The van der Waals surface area contributed by atoms with Gasteiger partial charge in [-0.3, -0.25) is 4.98 Å². The molecule has 0 spiro atoms. The number of benzene rings is 1. The Balaban J connectivity index is 2.18. The number of nitrogens with zero attached hydrogens (tertiary/aromatic N) is 1. The Bertz CT molecular complexity index is 596. The minimum atomic E-state index is -4.39. The van der Waals surface area contributed by atoms with E-state index in [2.05, 4.69) is 10.3 Å². The van der Waals surface area contributed by atoms with E-state index in [4.69, 9.17) is 0 Å². The Morgan fingerprint density at radius 3 is 2.55 bits per heavy atom. The van der Waals surface area contributed by atoms with Crippen LogP contribution in [0.3, 0.4) is 0 Å². The first-order valence-electron chi connectivity index (χ1n) is 5.90. The van der Waals surface area contributed by atoms with Gasteiger partial charge < -0.3 is 5.32 Å². The van der Waals surface area contributed by atoms with Crippen molar-refractivity contribution in [1.29, 1.82) is 0 Å². The summed E-state index contributed by atoms with van der Waals surface area (Å²) >= 11 is 0. The second-order valence-electron chi connectivity index (χ2n) is 4.38. The van der Waals surface area contributed by atoms with Crippen molar-refractivity contribution in [3.8, 4) is 0 Å². The summed E-state index contributed by atoms with van der Waals surface area (Å²) < 4.78 is 50.8. The molecule has 2 aromatic rings. The van der Waals surface area contributed by atoms with Crippen LogP contribution < -0.4 is 5.32 Å². The van der Waals surface area contributed by atoms with E-state index in [9.17, 15) is 17.6 Å². The van der Waals surface area contributed by atoms with E-state index in [0.29, 0.717) is 11.3 Å². The Morgan fingerprint density at radius 1 is 1.15 bits per heavy atom. The number of anilines is 1. The lowest BCUT2D eigenvalue weighted by Gasteiger charge is -2.16. The molecular weight excluding hydrogens is 272 g/mol. The topological polar surface area (TPSA) is 24.9 Å². The molecule has 2 nitrogen and oxygen atoms in total. The van der Waals surface area contributed by atoms with Crippen LogP contribution >= 0.6 is 0 Å². The highest BCUT2D eigenvalue weighted by molar-refractivity contribution is 5.48. The molecule has 0 saturated carbocycles. The Morgan fingerprint density at radius 2 is 1.90 bits per heavy atom. The highest BCUT2D eigenvalue weighted by Gasteiger charge is 2.30. The normalized spacial score (nSPS) is 13.1. The van der Waals surface area contributed by atoms with Crippen molar-refractivity contribution in [3.63, 3.8) is 0 Å².